The molecule has 0 amide bonds. The summed E-state index contributed by atoms with van der Waals surface area (Å²) in [6.07, 6.45) is 6.63. The molecule has 1 aliphatic carbocycles. The Labute approximate surface area is 126 Å². The minimum Gasteiger partial charge on any atom is -0.369 e. The van der Waals surface area contributed by atoms with E-state index in [1.165, 1.54) is 32.1 Å². The van der Waals surface area contributed by atoms with Gasteiger partial charge in [-0.05, 0) is 36.8 Å². The third kappa shape index (κ3) is 2.80. The quantitative estimate of drug-likeness (QED) is 0.869. The Bertz CT molecular complexity index is 617. The van der Waals surface area contributed by atoms with E-state index < -0.39 is 0 Å². The van der Waals surface area contributed by atoms with Crippen LogP contribution in [0.1, 0.15) is 39.0 Å². The summed E-state index contributed by atoms with van der Waals surface area (Å²) in [7, 11) is 1.86. The van der Waals surface area contributed by atoms with Gasteiger partial charge in [0.1, 0.15) is 5.82 Å². The van der Waals surface area contributed by atoms with Crippen LogP contribution in [-0.2, 0) is 0 Å². The molecule has 0 saturated heterocycles. The normalized spacial score (nSPS) is 17.0. The Kier molecular flexibility index (Phi) is 3.95. The maximum absolute atomic E-state index is 4.61. The van der Waals surface area contributed by atoms with Gasteiger partial charge in [0.05, 0.1) is 5.52 Å². The summed E-state index contributed by atoms with van der Waals surface area (Å²) in [4.78, 5) is 9.12. The van der Waals surface area contributed by atoms with Gasteiger partial charge in [0.2, 0.25) is 5.95 Å². The van der Waals surface area contributed by atoms with Crippen LogP contribution >= 0.6 is 0 Å². The molecular formula is C17H24N4. The number of benzene rings is 1. The van der Waals surface area contributed by atoms with Gasteiger partial charge in [0, 0.05) is 19.0 Å². The molecule has 4 heteroatoms. The standard InChI is InChI=1S/C17H24N4/c1-3-17(10-6-7-11-17)12-19-15-13-8-4-5-9-14(13)20-16(18-2)21-15/h4-5,8-9H,3,6-7,10-12H2,1-2H3,(H2,18,19,20,21). The van der Waals surface area contributed by atoms with E-state index in [0.29, 0.717) is 11.4 Å². The second-order valence-corrected chi connectivity index (χ2v) is 6.08. The lowest BCUT2D eigenvalue weighted by Gasteiger charge is -2.28. The van der Waals surface area contributed by atoms with E-state index in [1.807, 2.05) is 25.2 Å². The average Bonchev–Trinajstić information content (AvgIpc) is 3.02. The first kappa shape index (κ1) is 14.1. The molecule has 0 radical (unpaired) electrons. The maximum Gasteiger partial charge on any atom is 0.224 e. The molecule has 0 bridgehead atoms. The first-order valence-corrected chi connectivity index (χ1v) is 7.95. The van der Waals surface area contributed by atoms with Crippen molar-refractivity contribution in [3.63, 3.8) is 0 Å². The third-order valence-corrected chi connectivity index (χ3v) is 4.87. The highest BCUT2D eigenvalue weighted by Gasteiger charge is 2.31. The summed E-state index contributed by atoms with van der Waals surface area (Å²) >= 11 is 0. The number of nitrogens with zero attached hydrogens (tertiary/aromatic N) is 2. The fourth-order valence-electron chi connectivity index (χ4n) is 3.37. The number of aromatic nitrogens is 2. The van der Waals surface area contributed by atoms with Gasteiger partial charge >= 0.3 is 0 Å². The van der Waals surface area contributed by atoms with Crippen LogP contribution in [0.4, 0.5) is 11.8 Å². The van der Waals surface area contributed by atoms with Crippen LogP contribution in [0.25, 0.3) is 10.9 Å². The Morgan fingerprint density at radius 3 is 2.62 bits per heavy atom. The predicted molar refractivity (Wildman–Crippen MR) is 88.8 cm³/mol. The molecule has 1 heterocycles. The van der Waals surface area contributed by atoms with Gasteiger partial charge in [-0.2, -0.15) is 4.98 Å². The van der Waals surface area contributed by atoms with Gasteiger partial charge in [-0.3, -0.25) is 0 Å². The van der Waals surface area contributed by atoms with E-state index in [-0.39, 0.29) is 0 Å². The molecule has 0 unspecified atom stereocenters. The van der Waals surface area contributed by atoms with E-state index in [2.05, 4.69) is 33.6 Å². The molecule has 1 fully saturated rings. The van der Waals surface area contributed by atoms with Gasteiger partial charge in [0.15, 0.2) is 0 Å². The Morgan fingerprint density at radius 1 is 1.14 bits per heavy atom. The maximum atomic E-state index is 4.61. The van der Waals surface area contributed by atoms with E-state index in [4.69, 9.17) is 0 Å². The lowest BCUT2D eigenvalue weighted by Crippen LogP contribution is -2.26. The fraction of sp³-hybridized carbons (Fsp3) is 0.529. The third-order valence-electron chi connectivity index (χ3n) is 4.87. The Balaban J connectivity index is 1.89. The lowest BCUT2D eigenvalue weighted by molar-refractivity contribution is 0.306. The summed E-state index contributed by atoms with van der Waals surface area (Å²) in [5.74, 6) is 1.62. The second kappa shape index (κ2) is 5.88. The van der Waals surface area contributed by atoms with Crippen LogP contribution in [-0.4, -0.2) is 23.6 Å². The number of para-hydroxylation sites is 1. The van der Waals surface area contributed by atoms with Crippen molar-refractivity contribution in [2.75, 3.05) is 24.2 Å². The number of hydrogen-bond donors (Lipinski definition) is 2. The molecule has 3 rings (SSSR count). The number of rotatable bonds is 5. The molecular weight excluding hydrogens is 260 g/mol. The second-order valence-electron chi connectivity index (χ2n) is 6.08. The van der Waals surface area contributed by atoms with Crippen molar-refractivity contribution >= 4 is 22.7 Å². The van der Waals surface area contributed by atoms with Crippen molar-refractivity contribution < 1.29 is 0 Å². The van der Waals surface area contributed by atoms with E-state index in [0.717, 1.165) is 23.3 Å². The number of fused-ring (bicyclic) bond motifs is 1. The zero-order chi connectivity index (χ0) is 14.7. The monoisotopic (exact) mass is 284 g/mol. The first-order chi connectivity index (χ1) is 10.3. The van der Waals surface area contributed by atoms with Gasteiger partial charge in [0.25, 0.3) is 0 Å². The first-order valence-electron chi connectivity index (χ1n) is 7.95. The molecule has 4 nitrogen and oxygen atoms in total. The lowest BCUT2D eigenvalue weighted by atomic mass is 9.83. The number of nitrogens with one attached hydrogen (secondary N) is 2. The smallest absolute Gasteiger partial charge is 0.224 e. The molecule has 1 aromatic heterocycles. The number of hydrogen-bond acceptors (Lipinski definition) is 4. The Hall–Kier alpha value is -1.84. The molecule has 1 aliphatic rings. The van der Waals surface area contributed by atoms with Crippen LogP contribution in [0.15, 0.2) is 24.3 Å². The zero-order valence-electron chi connectivity index (χ0n) is 12.9. The predicted octanol–water partition coefficient (Wildman–Crippen LogP) is 4.05. The van der Waals surface area contributed by atoms with Crippen molar-refractivity contribution in [1.29, 1.82) is 0 Å². The minimum atomic E-state index is 0.450. The minimum absolute atomic E-state index is 0.450. The highest BCUT2D eigenvalue weighted by Crippen LogP contribution is 2.41. The Morgan fingerprint density at radius 2 is 1.90 bits per heavy atom. The van der Waals surface area contributed by atoms with Crippen LogP contribution in [0.5, 0.6) is 0 Å². The van der Waals surface area contributed by atoms with Crippen LogP contribution < -0.4 is 10.6 Å². The summed E-state index contributed by atoms with van der Waals surface area (Å²) in [6, 6.07) is 8.18. The van der Waals surface area contributed by atoms with Gasteiger partial charge in [-0.15, -0.1) is 0 Å². The molecule has 0 atom stereocenters. The van der Waals surface area contributed by atoms with Crippen molar-refractivity contribution in [2.45, 2.75) is 39.0 Å². The van der Waals surface area contributed by atoms with Crippen molar-refractivity contribution in [3.8, 4) is 0 Å². The van der Waals surface area contributed by atoms with Gasteiger partial charge < -0.3 is 10.6 Å². The molecule has 21 heavy (non-hydrogen) atoms. The van der Waals surface area contributed by atoms with Gasteiger partial charge in [-0.25, -0.2) is 4.98 Å². The molecule has 0 aliphatic heterocycles. The highest BCUT2D eigenvalue weighted by atomic mass is 15.1. The van der Waals surface area contributed by atoms with Crippen LogP contribution in [0.3, 0.4) is 0 Å². The summed E-state index contributed by atoms with van der Waals surface area (Å²) in [6.45, 7) is 3.32. The molecule has 1 saturated carbocycles. The molecule has 112 valence electrons. The fourth-order valence-corrected chi connectivity index (χ4v) is 3.37. The molecule has 2 N–H and O–H groups in total. The van der Waals surface area contributed by atoms with E-state index in [9.17, 15) is 0 Å². The van der Waals surface area contributed by atoms with Gasteiger partial charge in [-0.1, -0.05) is 31.9 Å². The zero-order valence-corrected chi connectivity index (χ0v) is 12.9. The van der Waals surface area contributed by atoms with Crippen molar-refractivity contribution in [2.24, 2.45) is 5.41 Å². The van der Waals surface area contributed by atoms with E-state index in [1.54, 1.807) is 0 Å². The summed E-state index contributed by atoms with van der Waals surface area (Å²) in [5, 5.41) is 7.75. The topological polar surface area (TPSA) is 49.8 Å². The van der Waals surface area contributed by atoms with Crippen LogP contribution in [0.2, 0.25) is 0 Å². The van der Waals surface area contributed by atoms with E-state index >= 15 is 0 Å². The average molecular weight is 284 g/mol. The number of anilines is 2. The van der Waals surface area contributed by atoms with Crippen molar-refractivity contribution in [1.82, 2.24) is 9.97 Å². The molecule has 0 spiro atoms. The van der Waals surface area contributed by atoms with Crippen LogP contribution in [0, 0.1) is 5.41 Å². The van der Waals surface area contributed by atoms with Crippen molar-refractivity contribution in [3.05, 3.63) is 24.3 Å². The SMILES string of the molecule is CCC1(CNc2nc(NC)nc3ccccc23)CCCC1. The largest absolute Gasteiger partial charge is 0.369 e. The molecule has 2 aromatic rings. The highest BCUT2D eigenvalue weighted by molar-refractivity contribution is 5.90. The molecule has 1 aromatic carbocycles. The summed E-state index contributed by atoms with van der Waals surface area (Å²) < 4.78 is 0. The summed E-state index contributed by atoms with van der Waals surface area (Å²) in [5.41, 5.74) is 1.43.